The second-order valence-corrected chi connectivity index (χ2v) is 13.6. The summed E-state index contributed by atoms with van der Waals surface area (Å²) in [7, 11) is 0. The van der Waals surface area contributed by atoms with Gasteiger partial charge in [-0.2, -0.15) is 0 Å². The zero-order chi connectivity index (χ0) is 32.0. The van der Waals surface area contributed by atoms with E-state index in [2.05, 4.69) is 11.7 Å². The topological polar surface area (TPSA) is 93.1 Å². The average Bonchev–Trinajstić information content (AvgIpc) is 2.90. The second-order valence-electron chi connectivity index (χ2n) is 13.6. The minimum absolute atomic E-state index is 0.223. The Morgan fingerprint density at radius 3 is 1.31 bits per heavy atom. The van der Waals surface area contributed by atoms with Gasteiger partial charge < -0.3 is 19.7 Å². The molecule has 0 aliphatic carbocycles. The number of benzene rings is 1. The summed E-state index contributed by atoms with van der Waals surface area (Å²) in [4.78, 5) is 21.6. The Bertz CT molecular complexity index is 828. The molecule has 1 aromatic carbocycles. The summed E-state index contributed by atoms with van der Waals surface area (Å²) >= 11 is 0. The van der Waals surface area contributed by atoms with Crippen molar-refractivity contribution < 1.29 is 29.3 Å². The Morgan fingerprint density at radius 2 is 1.00 bits per heavy atom. The highest BCUT2D eigenvalue weighted by Gasteiger charge is 2.27. The molecule has 0 atom stereocenters. The molecule has 0 radical (unpaired) electrons. The van der Waals surface area contributed by atoms with E-state index < -0.39 is 6.16 Å². The van der Waals surface area contributed by atoms with Gasteiger partial charge in [0.1, 0.15) is 11.5 Å². The smallest absolute Gasteiger partial charge is 0.505 e. The Kier molecular flexibility index (Phi) is 21.1. The highest BCUT2D eigenvalue weighted by atomic mass is 16.7. The summed E-state index contributed by atoms with van der Waals surface area (Å²) in [6.45, 7) is 16.6. The Balaban J connectivity index is 0.000000803. The molecule has 2 N–H and O–H groups in total. The van der Waals surface area contributed by atoms with Gasteiger partial charge in [0.15, 0.2) is 0 Å². The van der Waals surface area contributed by atoms with Crippen LogP contribution in [0.3, 0.4) is 0 Å². The molecular weight excluding hydrogens is 528 g/mol. The first kappa shape index (κ1) is 39.8. The van der Waals surface area contributed by atoms with Crippen LogP contribution in [0.4, 0.5) is 4.79 Å². The maximum atomic E-state index is 11.5. The van der Waals surface area contributed by atoms with Crippen LogP contribution in [0, 0.1) is 0 Å². The molecule has 0 saturated carbocycles. The van der Waals surface area contributed by atoms with E-state index >= 15 is 0 Å². The van der Waals surface area contributed by atoms with Crippen molar-refractivity contribution in [2.75, 3.05) is 6.61 Å². The fourth-order valence-electron chi connectivity index (χ4n) is 4.82. The van der Waals surface area contributed by atoms with Crippen molar-refractivity contribution in [2.45, 2.75) is 175 Å². The zero-order valence-corrected chi connectivity index (χ0v) is 28.4. The van der Waals surface area contributed by atoms with Gasteiger partial charge >= 0.3 is 12.1 Å². The number of carbonyl (C=O) groups is 2. The SMILES string of the molecule is CCC(=O)Oc1cc(C(C)(C)C)c(O)c(C(C)(C)C)c1.CCCCCCCCCCCCCCCCCCOC(=O)O. The molecule has 0 fully saturated rings. The number of rotatable bonds is 19. The molecule has 0 saturated heterocycles. The summed E-state index contributed by atoms with van der Waals surface area (Å²) < 4.78 is 9.82. The zero-order valence-electron chi connectivity index (χ0n) is 28.4. The monoisotopic (exact) mass is 592 g/mol. The number of hydrogen-bond donors (Lipinski definition) is 2. The van der Waals surface area contributed by atoms with E-state index in [4.69, 9.17) is 9.84 Å². The minimum Gasteiger partial charge on any atom is -0.507 e. The summed E-state index contributed by atoms with van der Waals surface area (Å²) in [6, 6.07) is 3.52. The molecule has 0 aliphatic rings. The van der Waals surface area contributed by atoms with E-state index in [0.29, 0.717) is 24.5 Å². The highest BCUT2D eigenvalue weighted by Crippen LogP contribution is 2.41. The van der Waals surface area contributed by atoms with Crippen LogP contribution in [0.1, 0.15) is 176 Å². The number of hydrogen-bond acceptors (Lipinski definition) is 5. The van der Waals surface area contributed by atoms with Crippen molar-refractivity contribution in [3.8, 4) is 11.5 Å². The van der Waals surface area contributed by atoms with Crippen LogP contribution in [0.25, 0.3) is 0 Å². The van der Waals surface area contributed by atoms with Gasteiger partial charge in [-0.1, -0.05) is 152 Å². The van der Waals surface area contributed by atoms with Crippen LogP contribution in [-0.2, 0) is 20.4 Å². The minimum atomic E-state index is -1.15. The van der Waals surface area contributed by atoms with E-state index in [0.717, 1.165) is 24.0 Å². The fraction of sp³-hybridized carbons (Fsp3) is 0.778. The van der Waals surface area contributed by atoms with Gasteiger partial charge in [0.25, 0.3) is 0 Å². The molecule has 1 rings (SSSR count). The third kappa shape index (κ3) is 19.8. The molecule has 0 amide bonds. The molecule has 6 heteroatoms. The van der Waals surface area contributed by atoms with E-state index in [1.165, 1.54) is 89.9 Å². The van der Waals surface area contributed by atoms with E-state index in [1.807, 2.05) is 41.5 Å². The quantitative estimate of drug-likeness (QED) is 0.0942. The standard InChI is InChI=1S/C19H38O3.C17H26O3/c1-2-3-4-5-6-7-8-9-10-11-12-13-14-15-16-17-18-22-19(20)21;1-8-14(18)20-11-9-12(16(2,3)4)15(19)13(10-11)17(5,6)7/h2-18H2,1H3,(H,20,21);9-10,19H,8H2,1-7H3. The number of carboxylic acid groups (broad SMARTS) is 1. The Hall–Kier alpha value is -2.24. The van der Waals surface area contributed by atoms with Gasteiger partial charge in [-0.15, -0.1) is 0 Å². The third-order valence-corrected chi connectivity index (χ3v) is 7.44. The number of unbranched alkanes of at least 4 members (excludes halogenated alkanes) is 15. The summed E-state index contributed by atoms with van der Waals surface area (Å²) in [6.07, 6.45) is 20.4. The van der Waals surface area contributed by atoms with Gasteiger partial charge in [-0.25, -0.2) is 4.79 Å². The van der Waals surface area contributed by atoms with Crippen LogP contribution >= 0.6 is 0 Å². The van der Waals surface area contributed by atoms with Crippen molar-refractivity contribution in [3.05, 3.63) is 23.3 Å². The van der Waals surface area contributed by atoms with Crippen LogP contribution in [-0.4, -0.2) is 28.9 Å². The van der Waals surface area contributed by atoms with E-state index in [9.17, 15) is 14.7 Å². The van der Waals surface area contributed by atoms with Crippen LogP contribution in [0.5, 0.6) is 11.5 Å². The first-order valence-corrected chi connectivity index (χ1v) is 16.7. The number of ether oxygens (including phenoxy) is 2. The van der Waals surface area contributed by atoms with Gasteiger partial charge in [0.2, 0.25) is 0 Å². The molecule has 42 heavy (non-hydrogen) atoms. The number of phenols is 1. The van der Waals surface area contributed by atoms with E-state index in [-0.39, 0.29) is 16.8 Å². The first-order valence-electron chi connectivity index (χ1n) is 16.7. The molecule has 0 bridgehead atoms. The predicted octanol–water partition coefficient (Wildman–Crippen LogP) is 11.2. The highest BCUT2D eigenvalue weighted by molar-refractivity contribution is 5.72. The molecule has 6 nitrogen and oxygen atoms in total. The predicted molar refractivity (Wildman–Crippen MR) is 175 cm³/mol. The van der Waals surface area contributed by atoms with Crippen LogP contribution in [0.15, 0.2) is 12.1 Å². The molecule has 1 aromatic rings. The van der Waals surface area contributed by atoms with Crippen molar-refractivity contribution in [3.63, 3.8) is 0 Å². The number of carbonyl (C=O) groups excluding carboxylic acids is 1. The molecule has 0 unspecified atom stereocenters. The molecular formula is C36H64O6. The number of esters is 1. The number of phenolic OH excluding ortho intramolecular Hbond substituents is 1. The van der Waals surface area contributed by atoms with Crippen molar-refractivity contribution in [2.24, 2.45) is 0 Å². The lowest BCUT2D eigenvalue weighted by molar-refractivity contribution is -0.134. The normalized spacial score (nSPS) is 11.5. The van der Waals surface area contributed by atoms with E-state index in [1.54, 1.807) is 19.1 Å². The van der Waals surface area contributed by atoms with Crippen molar-refractivity contribution in [1.29, 1.82) is 0 Å². The fourth-order valence-corrected chi connectivity index (χ4v) is 4.82. The lowest BCUT2D eigenvalue weighted by Crippen LogP contribution is -2.18. The van der Waals surface area contributed by atoms with Crippen molar-refractivity contribution >= 4 is 12.1 Å². The first-order chi connectivity index (χ1) is 19.7. The summed E-state index contributed by atoms with van der Waals surface area (Å²) in [5.74, 6) is 0.529. The van der Waals surface area contributed by atoms with Gasteiger partial charge in [0, 0.05) is 17.5 Å². The molecule has 0 heterocycles. The van der Waals surface area contributed by atoms with Gasteiger partial charge in [-0.3, -0.25) is 4.79 Å². The molecule has 0 spiro atoms. The molecule has 244 valence electrons. The van der Waals surface area contributed by atoms with Crippen molar-refractivity contribution in [1.82, 2.24) is 0 Å². The molecule has 0 aromatic heterocycles. The van der Waals surface area contributed by atoms with Crippen LogP contribution in [0.2, 0.25) is 0 Å². The third-order valence-electron chi connectivity index (χ3n) is 7.44. The van der Waals surface area contributed by atoms with Gasteiger partial charge in [0.05, 0.1) is 6.61 Å². The Morgan fingerprint density at radius 1 is 0.643 bits per heavy atom. The lowest BCUT2D eigenvalue weighted by atomic mass is 9.79. The van der Waals surface area contributed by atoms with Gasteiger partial charge in [-0.05, 0) is 29.4 Å². The number of aromatic hydroxyl groups is 1. The summed E-state index contributed by atoms with van der Waals surface area (Å²) in [5, 5.41) is 18.9. The maximum absolute atomic E-state index is 11.5. The summed E-state index contributed by atoms with van der Waals surface area (Å²) in [5.41, 5.74) is 1.14. The Labute approximate surface area is 258 Å². The lowest BCUT2D eigenvalue weighted by Gasteiger charge is -2.27. The molecule has 0 aliphatic heterocycles. The largest absolute Gasteiger partial charge is 0.507 e. The maximum Gasteiger partial charge on any atom is 0.505 e. The average molecular weight is 593 g/mol. The second kappa shape index (κ2) is 22.3. The van der Waals surface area contributed by atoms with Crippen LogP contribution < -0.4 is 4.74 Å².